The summed E-state index contributed by atoms with van der Waals surface area (Å²) in [6.45, 7) is -0.232. The molecule has 0 spiro atoms. The van der Waals surface area contributed by atoms with Gasteiger partial charge in [-0.05, 0) is 31.0 Å². The molecule has 1 aromatic heterocycles. The molecule has 0 aliphatic heterocycles. The summed E-state index contributed by atoms with van der Waals surface area (Å²) in [6, 6.07) is 5.37. The molecule has 1 aliphatic rings. The first-order valence-corrected chi connectivity index (χ1v) is 6.89. The minimum absolute atomic E-state index is 0.0840. The summed E-state index contributed by atoms with van der Waals surface area (Å²) in [5.74, 6) is -1.18. The first kappa shape index (κ1) is 12.1. The Hall–Kier alpha value is -1.95. The Kier molecular flexibility index (Phi) is 2.94. The van der Waals surface area contributed by atoms with E-state index in [4.69, 9.17) is 5.11 Å². The van der Waals surface area contributed by atoms with Crippen LogP contribution in [0.4, 0.5) is 0 Å². The van der Waals surface area contributed by atoms with Gasteiger partial charge in [-0.15, -0.1) is 11.3 Å². The summed E-state index contributed by atoms with van der Waals surface area (Å²) in [6.07, 6.45) is 1.78. The van der Waals surface area contributed by atoms with E-state index < -0.39 is 5.97 Å². The molecule has 5 nitrogen and oxygen atoms in total. The summed E-state index contributed by atoms with van der Waals surface area (Å²) in [5.41, 5.74) is 3.12. The van der Waals surface area contributed by atoms with Crippen molar-refractivity contribution in [2.24, 2.45) is 0 Å². The van der Waals surface area contributed by atoms with E-state index >= 15 is 0 Å². The van der Waals surface area contributed by atoms with Crippen LogP contribution in [0, 0.1) is 0 Å². The summed E-state index contributed by atoms with van der Waals surface area (Å²) in [7, 11) is 0. The van der Waals surface area contributed by atoms with Gasteiger partial charge in [0, 0.05) is 11.6 Å². The van der Waals surface area contributed by atoms with Crippen molar-refractivity contribution in [3.8, 4) is 0 Å². The second-order valence-electron chi connectivity index (χ2n) is 4.59. The predicted octanol–water partition coefficient (Wildman–Crippen LogP) is 1.99. The lowest BCUT2D eigenvalue weighted by Gasteiger charge is -2.20. The quantitative estimate of drug-likeness (QED) is 0.927. The van der Waals surface area contributed by atoms with Gasteiger partial charge in [0.25, 0.3) is 5.91 Å². The van der Waals surface area contributed by atoms with Crippen LogP contribution < -0.4 is 0 Å². The lowest BCUT2D eigenvalue weighted by atomic mass is 10.2. The summed E-state index contributed by atoms with van der Waals surface area (Å²) >= 11 is 1.47. The highest BCUT2D eigenvalue weighted by Gasteiger charge is 2.34. The number of carboxylic acid groups (broad SMARTS) is 1. The fourth-order valence-corrected chi connectivity index (χ4v) is 2.77. The van der Waals surface area contributed by atoms with Crippen LogP contribution in [0.15, 0.2) is 23.7 Å². The Morgan fingerprint density at radius 3 is 2.89 bits per heavy atom. The van der Waals surface area contributed by atoms with Crippen LogP contribution in [0.5, 0.6) is 0 Å². The van der Waals surface area contributed by atoms with E-state index in [0.717, 1.165) is 23.1 Å². The Morgan fingerprint density at radius 2 is 2.21 bits per heavy atom. The van der Waals surface area contributed by atoms with Crippen LogP contribution in [-0.4, -0.2) is 39.5 Å². The van der Waals surface area contributed by atoms with Crippen LogP contribution in [0.1, 0.15) is 23.2 Å². The third-order valence-electron chi connectivity index (χ3n) is 3.13. The van der Waals surface area contributed by atoms with Crippen molar-refractivity contribution in [1.82, 2.24) is 9.88 Å². The van der Waals surface area contributed by atoms with Gasteiger partial charge >= 0.3 is 5.97 Å². The minimum Gasteiger partial charge on any atom is -0.480 e. The minimum atomic E-state index is -0.973. The monoisotopic (exact) mass is 276 g/mol. The molecule has 1 fully saturated rings. The first-order chi connectivity index (χ1) is 9.15. The lowest BCUT2D eigenvalue weighted by Crippen LogP contribution is -2.37. The number of hydrogen-bond acceptors (Lipinski definition) is 4. The molecule has 0 unspecified atom stereocenters. The van der Waals surface area contributed by atoms with Gasteiger partial charge in [-0.3, -0.25) is 9.59 Å². The molecule has 3 rings (SSSR count). The van der Waals surface area contributed by atoms with Crippen LogP contribution in [0.2, 0.25) is 0 Å². The lowest BCUT2D eigenvalue weighted by molar-refractivity contribution is -0.137. The van der Waals surface area contributed by atoms with Gasteiger partial charge in [0.05, 0.1) is 15.7 Å². The molecule has 1 aliphatic carbocycles. The number of aromatic nitrogens is 1. The molecule has 2 aromatic rings. The predicted molar refractivity (Wildman–Crippen MR) is 71.3 cm³/mol. The van der Waals surface area contributed by atoms with Crippen molar-refractivity contribution in [3.63, 3.8) is 0 Å². The summed E-state index contributed by atoms with van der Waals surface area (Å²) in [4.78, 5) is 28.8. The molecule has 0 atom stereocenters. The number of amides is 1. The molecule has 98 valence electrons. The van der Waals surface area contributed by atoms with E-state index in [9.17, 15) is 9.59 Å². The van der Waals surface area contributed by atoms with Crippen molar-refractivity contribution >= 4 is 33.4 Å². The van der Waals surface area contributed by atoms with E-state index in [-0.39, 0.29) is 18.5 Å². The number of hydrogen-bond donors (Lipinski definition) is 1. The van der Waals surface area contributed by atoms with E-state index in [2.05, 4.69) is 4.98 Å². The van der Waals surface area contributed by atoms with E-state index in [1.165, 1.54) is 16.2 Å². The number of aliphatic carboxylic acids is 1. The van der Waals surface area contributed by atoms with Gasteiger partial charge < -0.3 is 10.0 Å². The zero-order valence-electron chi connectivity index (χ0n) is 10.1. The number of fused-ring (bicyclic) bond motifs is 1. The SMILES string of the molecule is O=C(O)CN(C(=O)c1ccc2ncsc2c1)C1CC1. The second kappa shape index (κ2) is 4.62. The van der Waals surface area contributed by atoms with Crippen molar-refractivity contribution in [3.05, 3.63) is 29.3 Å². The van der Waals surface area contributed by atoms with Gasteiger partial charge in [-0.1, -0.05) is 0 Å². The van der Waals surface area contributed by atoms with Gasteiger partial charge in [0.2, 0.25) is 0 Å². The molecule has 0 bridgehead atoms. The Labute approximate surface area is 113 Å². The average Bonchev–Trinajstić information content (AvgIpc) is 3.12. The van der Waals surface area contributed by atoms with E-state index in [0.29, 0.717) is 5.56 Å². The standard InChI is InChI=1S/C13H12N2O3S/c16-12(17)6-15(9-2-3-9)13(18)8-1-4-10-11(5-8)19-7-14-10/h1,4-5,7,9H,2-3,6H2,(H,16,17). The van der Waals surface area contributed by atoms with Crippen LogP contribution in [-0.2, 0) is 4.79 Å². The van der Waals surface area contributed by atoms with E-state index in [1.54, 1.807) is 23.7 Å². The summed E-state index contributed by atoms with van der Waals surface area (Å²) in [5, 5.41) is 8.89. The van der Waals surface area contributed by atoms with Crippen molar-refractivity contribution in [2.45, 2.75) is 18.9 Å². The molecule has 0 saturated heterocycles. The van der Waals surface area contributed by atoms with Gasteiger partial charge in [-0.25, -0.2) is 4.98 Å². The molecular weight excluding hydrogens is 264 g/mol. The Morgan fingerprint density at radius 1 is 1.42 bits per heavy atom. The molecule has 1 saturated carbocycles. The average molecular weight is 276 g/mol. The third-order valence-corrected chi connectivity index (χ3v) is 3.92. The third kappa shape index (κ3) is 2.44. The maximum Gasteiger partial charge on any atom is 0.323 e. The molecule has 19 heavy (non-hydrogen) atoms. The van der Waals surface area contributed by atoms with Crippen molar-refractivity contribution < 1.29 is 14.7 Å². The van der Waals surface area contributed by atoms with Gasteiger partial charge in [0.15, 0.2) is 0 Å². The maximum absolute atomic E-state index is 12.4. The maximum atomic E-state index is 12.4. The van der Waals surface area contributed by atoms with Crippen molar-refractivity contribution in [1.29, 1.82) is 0 Å². The molecule has 1 aromatic carbocycles. The van der Waals surface area contributed by atoms with E-state index in [1.807, 2.05) is 0 Å². The Balaban J connectivity index is 1.89. The molecule has 1 N–H and O–H groups in total. The van der Waals surface area contributed by atoms with Crippen LogP contribution >= 0.6 is 11.3 Å². The Bertz CT molecular complexity index is 648. The normalized spacial score (nSPS) is 14.5. The second-order valence-corrected chi connectivity index (χ2v) is 5.48. The number of carboxylic acids is 1. The number of thiazole rings is 1. The first-order valence-electron chi connectivity index (χ1n) is 6.01. The van der Waals surface area contributed by atoms with Gasteiger partial charge in [0.1, 0.15) is 6.54 Å². The zero-order chi connectivity index (χ0) is 13.4. The fraction of sp³-hybridized carbons (Fsp3) is 0.308. The molecule has 0 radical (unpaired) electrons. The number of carbonyl (C=O) groups is 2. The van der Waals surface area contributed by atoms with Crippen molar-refractivity contribution in [2.75, 3.05) is 6.54 Å². The number of rotatable bonds is 4. The number of benzene rings is 1. The number of carbonyl (C=O) groups excluding carboxylic acids is 1. The van der Waals surface area contributed by atoms with Crippen LogP contribution in [0.25, 0.3) is 10.2 Å². The van der Waals surface area contributed by atoms with Gasteiger partial charge in [-0.2, -0.15) is 0 Å². The molecule has 1 heterocycles. The molecule has 6 heteroatoms. The topological polar surface area (TPSA) is 70.5 Å². The highest BCUT2D eigenvalue weighted by Crippen LogP contribution is 2.29. The smallest absolute Gasteiger partial charge is 0.323 e. The fourth-order valence-electron chi connectivity index (χ4n) is 2.05. The highest BCUT2D eigenvalue weighted by atomic mass is 32.1. The molecular formula is C13H12N2O3S. The zero-order valence-corrected chi connectivity index (χ0v) is 10.9. The highest BCUT2D eigenvalue weighted by molar-refractivity contribution is 7.16. The largest absolute Gasteiger partial charge is 0.480 e. The molecule has 1 amide bonds. The van der Waals surface area contributed by atoms with Crippen LogP contribution in [0.3, 0.4) is 0 Å². The number of nitrogens with zero attached hydrogens (tertiary/aromatic N) is 2. The summed E-state index contributed by atoms with van der Waals surface area (Å²) < 4.78 is 0.942.